The number of nitrogens with one attached hydrogen (secondary N) is 2. The Morgan fingerprint density at radius 2 is 2.05 bits per heavy atom. The smallest absolute Gasteiger partial charge is 0.254 e. The van der Waals surface area contributed by atoms with Crippen molar-refractivity contribution in [3.63, 3.8) is 0 Å². The third-order valence-electron chi connectivity index (χ3n) is 3.70. The fourth-order valence-corrected chi connectivity index (χ4v) is 2.54. The molecule has 0 aliphatic carbocycles. The molecule has 1 amide bonds. The molecule has 21 heavy (non-hydrogen) atoms. The van der Waals surface area contributed by atoms with Gasteiger partial charge in [-0.05, 0) is 49.5 Å². The van der Waals surface area contributed by atoms with Crippen molar-refractivity contribution >= 4 is 5.91 Å². The van der Waals surface area contributed by atoms with Crippen LogP contribution in [0.5, 0.6) is 0 Å². The van der Waals surface area contributed by atoms with Crippen LogP contribution in [0.3, 0.4) is 0 Å². The molecular weight excluding hydrogens is 278 g/mol. The van der Waals surface area contributed by atoms with E-state index in [1.54, 1.807) is 0 Å². The number of ether oxygens (including phenoxy) is 1. The highest BCUT2D eigenvalue weighted by molar-refractivity contribution is 5.94. The number of rotatable bonds is 5. The van der Waals surface area contributed by atoms with E-state index in [9.17, 15) is 13.6 Å². The van der Waals surface area contributed by atoms with Gasteiger partial charge in [0.25, 0.3) is 5.91 Å². The lowest BCUT2D eigenvalue weighted by molar-refractivity contribution is 0.0932. The summed E-state index contributed by atoms with van der Waals surface area (Å²) in [4.78, 5) is 11.8. The van der Waals surface area contributed by atoms with Crippen LogP contribution < -0.4 is 10.6 Å². The van der Waals surface area contributed by atoms with Crippen LogP contribution in [-0.2, 0) is 4.74 Å². The lowest BCUT2D eigenvalue weighted by Gasteiger charge is -2.23. The third kappa shape index (κ3) is 3.98. The Morgan fingerprint density at radius 3 is 2.71 bits per heavy atom. The average molecular weight is 298 g/mol. The number of piperidine rings is 1. The summed E-state index contributed by atoms with van der Waals surface area (Å²) >= 11 is 0. The van der Waals surface area contributed by atoms with Crippen molar-refractivity contribution < 1.29 is 18.3 Å². The van der Waals surface area contributed by atoms with Crippen LogP contribution in [0.1, 0.15) is 34.7 Å². The molecule has 1 aliphatic heterocycles. The summed E-state index contributed by atoms with van der Waals surface area (Å²) in [5.41, 5.74) is 0.101. The first-order valence-corrected chi connectivity index (χ1v) is 7.10. The van der Waals surface area contributed by atoms with Crippen molar-refractivity contribution in [1.29, 1.82) is 0 Å². The molecule has 0 spiro atoms. The Hall–Kier alpha value is -1.53. The number of carbonyl (C=O) groups excluding carboxylic acids is 1. The van der Waals surface area contributed by atoms with Gasteiger partial charge < -0.3 is 15.4 Å². The molecule has 2 rings (SSSR count). The molecule has 0 bridgehead atoms. The maximum atomic E-state index is 14.2. The van der Waals surface area contributed by atoms with E-state index in [2.05, 4.69) is 10.6 Å². The van der Waals surface area contributed by atoms with Gasteiger partial charge in [0.15, 0.2) is 0 Å². The number of hydrogen-bond donors (Lipinski definition) is 2. The van der Waals surface area contributed by atoms with Crippen molar-refractivity contribution in [1.82, 2.24) is 10.6 Å². The van der Waals surface area contributed by atoms with Crippen LogP contribution in [0.2, 0.25) is 0 Å². The zero-order chi connectivity index (χ0) is 15.2. The van der Waals surface area contributed by atoms with Crippen LogP contribution in [0.4, 0.5) is 8.78 Å². The van der Waals surface area contributed by atoms with Crippen LogP contribution in [0, 0.1) is 11.6 Å². The quantitative estimate of drug-likeness (QED) is 0.815. The van der Waals surface area contributed by atoms with Gasteiger partial charge in [-0.15, -0.1) is 0 Å². The van der Waals surface area contributed by atoms with E-state index >= 15 is 0 Å². The van der Waals surface area contributed by atoms with Crippen LogP contribution in [0.15, 0.2) is 12.1 Å². The highest BCUT2D eigenvalue weighted by Crippen LogP contribution is 2.29. The Bertz CT molecular complexity index is 503. The van der Waals surface area contributed by atoms with E-state index < -0.39 is 17.5 Å². The number of methoxy groups -OCH3 is 1. The zero-order valence-electron chi connectivity index (χ0n) is 12.0. The first kappa shape index (κ1) is 15.9. The fourth-order valence-electron chi connectivity index (χ4n) is 2.54. The van der Waals surface area contributed by atoms with Crippen molar-refractivity contribution in [2.45, 2.75) is 18.8 Å². The van der Waals surface area contributed by atoms with Crippen molar-refractivity contribution in [2.24, 2.45) is 0 Å². The number of carbonyl (C=O) groups is 1. The minimum Gasteiger partial charge on any atom is -0.383 e. The van der Waals surface area contributed by atoms with E-state index in [0.717, 1.165) is 38.1 Å². The number of hydrogen-bond acceptors (Lipinski definition) is 3. The molecule has 2 N–H and O–H groups in total. The molecule has 1 fully saturated rings. The van der Waals surface area contributed by atoms with E-state index in [1.807, 2.05) is 0 Å². The molecule has 1 aromatic rings. The molecular formula is C15H20F2N2O2. The lowest BCUT2D eigenvalue weighted by atomic mass is 9.89. The molecule has 0 aromatic heterocycles. The van der Waals surface area contributed by atoms with Gasteiger partial charge in [-0.2, -0.15) is 0 Å². The van der Waals surface area contributed by atoms with Gasteiger partial charge in [0, 0.05) is 13.7 Å². The number of benzene rings is 1. The molecule has 1 heterocycles. The first-order valence-electron chi connectivity index (χ1n) is 7.10. The van der Waals surface area contributed by atoms with E-state index in [-0.39, 0.29) is 18.0 Å². The summed E-state index contributed by atoms with van der Waals surface area (Å²) in [6, 6.07) is 2.16. The summed E-state index contributed by atoms with van der Waals surface area (Å²) in [5.74, 6) is -1.81. The summed E-state index contributed by atoms with van der Waals surface area (Å²) in [6.45, 7) is 2.17. The Balaban J connectivity index is 2.14. The zero-order valence-corrected chi connectivity index (χ0v) is 12.0. The van der Waals surface area contributed by atoms with Crippen LogP contribution in [0.25, 0.3) is 0 Å². The highest BCUT2D eigenvalue weighted by Gasteiger charge is 2.22. The summed E-state index contributed by atoms with van der Waals surface area (Å²) in [6.07, 6.45) is 1.55. The number of halogens is 2. The molecule has 0 saturated carbocycles. The van der Waals surface area contributed by atoms with Gasteiger partial charge in [0.2, 0.25) is 0 Å². The van der Waals surface area contributed by atoms with Gasteiger partial charge >= 0.3 is 0 Å². The van der Waals surface area contributed by atoms with Gasteiger partial charge in [0.05, 0.1) is 12.2 Å². The second-order valence-electron chi connectivity index (χ2n) is 5.13. The van der Waals surface area contributed by atoms with Gasteiger partial charge in [-0.25, -0.2) is 8.78 Å². The summed E-state index contributed by atoms with van der Waals surface area (Å²) in [7, 11) is 1.50. The normalized spacial score (nSPS) is 16.0. The van der Waals surface area contributed by atoms with Gasteiger partial charge in [-0.1, -0.05) is 0 Å². The Labute approximate surface area is 122 Å². The van der Waals surface area contributed by atoms with Gasteiger partial charge in [-0.3, -0.25) is 4.79 Å². The highest BCUT2D eigenvalue weighted by atomic mass is 19.1. The fraction of sp³-hybridized carbons (Fsp3) is 0.533. The second-order valence-corrected chi connectivity index (χ2v) is 5.13. The molecule has 4 nitrogen and oxygen atoms in total. The molecule has 1 saturated heterocycles. The molecule has 0 radical (unpaired) electrons. The molecule has 1 aromatic carbocycles. The average Bonchev–Trinajstić information content (AvgIpc) is 2.50. The largest absolute Gasteiger partial charge is 0.383 e. The molecule has 6 heteroatoms. The number of amides is 1. The van der Waals surface area contributed by atoms with Gasteiger partial charge in [0.1, 0.15) is 11.6 Å². The van der Waals surface area contributed by atoms with Crippen LogP contribution in [-0.4, -0.2) is 39.3 Å². The van der Waals surface area contributed by atoms with Crippen LogP contribution >= 0.6 is 0 Å². The minimum absolute atomic E-state index is 0.00588. The Morgan fingerprint density at radius 1 is 1.33 bits per heavy atom. The molecule has 0 atom stereocenters. The van der Waals surface area contributed by atoms with Crippen molar-refractivity contribution in [2.75, 3.05) is 33.4 Å². The maximum absolute atomic E-state index is 14.2. The Kier molecular flexibility index (Phi) is 5.64. The molecule has 116 valence electrons. The summed E-state index contributed by atoms with van der Waals surface area (Å²) in [5, 5.41) is 5.67. The van der Waals surface area contributed by atoms with E-state index in [1.165, 1.54) is 7.11 Å². The summed E-state index contributed by atoms with van der Waals surface area (Å²) < 4.78 is 33.0. The van der Waals surface area contributed by atoms with E-state index in [4.69, 9.17) is 4.74 Å². The monoisotopic (exact) mass is 298 g/mol. The molecule has 1 aliphatic rings. The van der Waals surface area contributed by atoms with Crippen molar-refractivity contribution in [3.8, 4) is 0 Å². The van der Waals surface area contributed by atoms with Crippen molar-refractivity contribution in [3.05, 3.63) is 34.9 Å². The van der Waals surface area contributed by atoms with E-state index in [0.29, 0.717) is 12.2 Å². The third-order valence-corrected chi connectivity index (χ3v) is 3.70. The first-order chi connectivity index (χ1) is 10.1. The standard InChI is InChI=1S/C15H20F2N2O2/c1-21-7-6-19-15(20)12-9-13(16)11(8-14(12)17)10-2-4-18-5-3-10/h8-10,18H,2-7H2,1H3,(H,19,20). The lowest BCUT2D eigenvalue weighted by Crippen LogP contribution is -2.29. The topological polar surface area (TPSA) is 50.4 Å². The predicted molar refractivity (Wildman–Crippen MR) is 75.4 cm³/mol. The SMILES string of the molecule is COCCNC(=O)c1cc(F)c(C2CCNCC2)cc1F. The molecule has 0 unspecified atom stereocenters. The minimum atomic E-state index is -0.681. The second kappa shape index (κ2) is 7.47. The predicted octanol–water partition coefficient (Wildman–Crippen LogP) is 1.81. The maximum Gasteiger partial charge on any atom is 0.254 e.